The number of hydrogen-bond donors (Lipinski definition) is 1. The molecule has 0 aliphatic rings. The normalized spacial score (nSPS) is 11.8. The standard InChI is InChI=1S/C16H15ClO3/c17-13-8-6-12(7-9-13)15(16(18)19)10-11-20-14-4-2-1-3-5-14/h1-9,15H,10-11H2,(H,18,19). The largest absolute Gasteiger partial charge is 0.494 e. The molecule has 0 aliphatic carbocycles. The lowest BCUT2D eigenvalue weighted by atomic mass is 9.96. The number of carbonyl (C=O) groups is 1. The monoisotopic (exact) mass is 290 g/mol. The molecule has 0 fully saturated rings. The zero-order valence-corrected chi connectivity index (χ0v) is 11.6. The Bertz CT molecular complexity index is 552. The molecular weight excluding hydrogens is 276 g/mol. The molecule has 2 aromatic carbocycles. The van der Waals surface area contributed by atoms with Gasteiger partial charge in [0.05, 0.1) is 12.5 Å². The minimum Gasteiger partial charge on any atom is -0.494 e. The molecule has 0 heterocycles. The van der Waals surface area contributed by atoms with Gasteiger partial charge in [-0.25, -0.2) is 0 Å². The number of hydrogen-bond acceptors (Lipinski definition) is 2. The van der Waals surface area contributed by atoms with Gasteiger partial charge in [-0.2, -0.15) is 0 Å². The van der Waals surface area contributed by atoms with Gasteiger partial charge in [0.1, 0.15) is 5.75 Å². The summed E-state index contributed by atoms with van der Waals surface area (Å²) in [6.45, 7) is 0.351. The molecule has 104 valence electrons. The van der Waals surface area contributed by atoms with E-state index in [1.54, 1.807) is 24.3 Å². The Labute approximate surface area is 122 Å². The van der Waals surface area contributed by atoms with Gasteiger partial charge in [-0.3, -0.25) is 4.79 Å². The Balaban J connectivity index is 1.96. The van der Waals surface area contributed by atoms with Gasteiger partial charge in [-0.05, 0) is 36.2 Å². The molecule has 0 radical (unpaired) electrons. The Morgan fingerprint density at radius 1 is 1.10 bits per heavy atom. The summed E-state index contributed by atoms with van der Waals surface area (Å²) in [5, 5.41) is 9.90. The smallest absolute Gasteiger partial charge is 0.311 e. The number of para-hydroxylation sites is 1. The van der Waals surface area contributed by atoms with Crippen molar-refractivity contribution in [2.45, 2.75) is 12.3 Å². The predicted molar refractivity (Wildman–Crippen MR) is 78.4 cm³/mol. The second kappa shape index (κ2) is 6.96. The molecule has 1 unspecified atom stereocenters. The average molecular weight is 291 g/mol. The van der Waals surface area contributed by atoms with Crippen LogP contribution in [0.2, 0.25) is 5.02 Å². The molecule has 0 spiro atoms. The topological polar surface area (TPSA) is 46.5 Å². The van der Waals surface area contributed by atoms with E-state index < -0.39 is 11.9 Å². The van der Waals surface area contributed by atoms with Crippen LogP contribution in [0.4, 0.5) is 0 Å². The van der Waals surface area contributed by atoms with E-state index in [0.29, 0.717) is 18.1 Å². The SMILES string of the molecule is O=C(O)C(CCOc1ccccc1)c1ccc(Cl)cc1. The molecule has 0 saturated carbocycles. The minimum absolute atomic E-state index is 0.351. The third-order valence-corrected chi connectivity index (χ3v) is 3.24. The van der Waals surface area contributed by atoms with E-state index in [2.05, 4.69) is 0 Å². The number of ether oxygens (including phenoxy) is 1. The fourth-order valence-corrected chi connectivity index (χ4v) is 2.07. The van der Waals surface area contributed by atoms with Gasteiger partial charge in [0.15, 0.2) is 0 Å². The minimum atomic E-state index is -0.857. The van der Waals surface area contributed by atoms with Gasteiger partial charge in [-0.1, -0.05) is 41.9 Å². The molecule has 2 rings (SSSR count). The lowest BCUT2D eigenvalue weighted by molar-refractivity contribution is -0.139. The number of halogens is 1. The van der Waals surface area contributed by atoms with E-state index in [4.69, 9.17) is 16.3 Å². The van der Waals surface area contributed by atoms with Crippen molar-refractivity contribution < 1.29 is 14.6 Å². The third-order valence-electron chi connectivity index (χ3n) is 2.99. The number of aliphatic carboxylic acids is 1. The first-order chi connectivity index (χ1) is 9.66. The van der Waals surface area contributed by atoms with Crippen molar-refractivity contribution in [2.24, 2.45) is 0 Å². The molecule has 2 aromatic rings. The van der Waals surface area contributed by atoms with Gasteiger partial charge in [0.25, 0.3) is 0 Å². The summed E-state index contributed by atoms with van der Waals surface area (Å²) in [5.41, 5.74) is 0.735. The Kier molecular flexibility index (Phi) is 5.02. The van der Waals surface area contributed by atoms with Crippen molar-refractivity contribution in [3.05, 3.63) is 65.2 Å². The maximum atomic E-state index is 11.3. The molecule has 20 heavy (non-hydrogen) atoms. The fraction of sp³-hybridized carbons (Fsp3) is 0.188. The van der Waals surface area contributed by atoms with Crippen LogP contribution in [0.5, 0.6) is 5.75 Å². The van der Waals surface area contributed by atoms with Crippen molar-refractivity contribution in [3.63, 3.8) is 0 Å². The molecule has 0 saturated heterocycles. The lowest BCUT2D eigenvalue weighted by Gasteiger charge is -2.13. The van der Waals surface area contributed by atoms with Gasteiger partial charge < -0.3 is 9.84 Å². The highest BCUT2D eigenvalue weighted by atomic mass is 35.5. The van der Waals surface area contributed by atoms with Crippen LogP contribution >= 0.6 is 11.6 Å². The van der Waals surface area contributed by atoms with Crippen LogP contribution in [0.15, 0.2) is 54.6 Å². The third kappa shape index (κ3) is 4.00. The quantitative estimate of drug-likeness (QED) is 0.875. The number of rotatable bonds is 6. The summed E-state index contributed by atoms with van der Waals surface area (Å²) in [5.74, 6) is -0.701. The van der Waals surface area contributed by atoms with E-state index in [-0.39, 0.29) is 0 Å². The van der Waals surface area contributed by atoms with Crippen LogP contribution in [-0.2, 0) is 4.79 Å². The molecule has 0 aromatic heterocycles. The van der Waals surface area contributed by atoms with Crippen LogP contribution in [0.1, 0.15) is 17.9 Å². The van der Waals surface area contributed by atoms with Crippen LogP contribution in [0.3, 0.4) is 0 Å². The van der Waals surface area contributed by atoms with Gasteiger partial charge in [-0.15, -0.1) is 0 Å². The van der Waals surface area contributed by atoms with E-state index in [1.807, 2.05) is 30.3 Å². The van der Waals surface area contributed by atoms with Crippen LogP contribution in [-0.4, -0.2) is 17.7 Å². The van der Waals surface area contributed by atoms with Crippen molar-refractivity contribution in [2.75, 3.05) is 6.61 Å². The zero-order chi connectivity index (χ0) is 14.4. The van der Waals surface area contributed by atoms with E-state index in [1.165, 1.54) is 0 Å². The van der Waals surface area contributed by atoms with Crippen LogP contribution < -0.4 is 4.74 Å². The van der Waals surface area contributed by atoms with Gasteiger partial charge in [0.2, 0.25) is 0 Å². The van der Waals surface area contributed by atoms with E-state index in [9.17, 15) is 9.90 Å². The van der Waals surface area contributed by atoms with Gasteiger partial charge in [0, 0.05) is 5.02 Å². The predicted octanol–water partition coefficient (Wildman–Crippen LogP) is 3.98. The summed E-state index contributed by atoms with van der Waals surface area (Å²) in [4.78, 5) is 11.3. The second-order valence-corrected chi connectivity index (χ2v) is 4.83. The first kappa shape index (κ1) is 14.4. The number of carboxylic acids is 1. The van der Waals surface area contributed by atoms with E-state index >= 15 is 0 Å². The van der Waals surface area contributed by atoms with Crippen molar-refractivity contribution in [1.29, 1.82) is 0 Å². The zero-order valence-electron chi connectivity index (χ0n) is 10.8. The van der Waals surface area contributed by atoms with Crippen molar-refractivity contribution >= 4 is 17.6 Å². The highest BCUT2D eigenvalue weighted by Crippen LogP contribution is 2.22. The maximum Gasteiger partial charge on any atom is 0.311 e. The molecule has 0 amide bonds. The van der Waals surface area contributed by atoms with Crippen molar-refractivity contribution in [1.82, 2.24) is 0 Å². The lowest BCUT2D eigenvalue weighted by Crippen LogP contribution is -2.15. The van der Waals surface area contributed by atoms with Crippen LogP contribution in [0, 0.1) is 0 Å². The molecule has 1 atom stereocenters. The first-order valence-electron chi connectivity index (χ1n) is 6.33. The highest BCUT2D eigenvalue weighted by Gasteiger charge is 2.19. The summed E-state index contributed by atoms with van der Waals surface area (Å²) in [6.07, 6.45) is 0.409. The number of carboxylic acid groups (broad SMARTS) is 1. The summed E-state index contributed by atoms with van der Waals surface area (Å²) in [6, 6.07) is 16.2. The van der Waals surface area contributed by atoms with E-state index in [0.717, 1.165) is 11.3 Å². The molecule has 0 aliphatic heterocycles. The van der Waals surface area contributed by atoms with Gasteiger partial charge >= 0.3 is 5.97 Å². The average Bonchev–Trinajstić information content (AvgIpc) is 2.46. The molecular formula is C16H15ClO3. The second-order valence-electron chi connectivity index (χ2n) is 4.39. The Hall–Kier alpha value is -2.00. The summed E-state index contributed by atoms with van der Waals surface area (Å²) < 4.78 is 5.54. The maximum absolute atomic E-state index is 11.3. The highest BCUT2D eigenvalue weighted by molar-refractivity contribution is 6.30. The molecule has 1 N–H and O–H groups in total. The molecule has 3 nitrogen and oxygen atoms in total. The summed E-state index contributed by atoms with van der Waals surface area (Å²) in [7, 11) is 0. The Morgan fingerprint density at radius 2 is 1.75 bits per heavy atom. The van der Waals surface area contributed by atoms with Crippen LogP contribution in [0.25, 0.3) is 0 Å². The molecule has 4 heteroatoms. The summed E-state index contributed by atoms with van der Waals surface area (Å²) >= 11 is 5.81. The Morgan fingerprint density at radius 3 is 2.35 bits per heavy atom. The number of benzene rings is 2. The fourth-order valence-electron chi connectivity index (χ4n) is 1.94. The van der Waals surface area contributed by atoms with Crippen molar-refractivity contribution in [3.8, 4) is 5.75 Å². The molecule has 0 bridgehead atoms. The first-order valence-corrected chi connectivity index (χ1v) is 6.71.